The van der Waals surface area contributed by atoms with E-state index in [1.54, 1.807) is 0 Å². The number of rotatable bonds is 5. The Morgan fingerprint density at radius 3 is 2.78 bits per heavy atom. The monoisotopic (exact) mass is 346 g/mol. The number of benzene rings is 1. The van der Waals surface area contributed by atoms with Crippen molar-refractivity contribution in [3.05, 3.63) is 40.1 Å². The molecule has 9 heteroatoms. The minimum Gasteiger partial charge on any atom is -0.466 e. The number of nitrogens with zero attached hydrogens (tertiary/aromatic N) is 1. The summed E-state index contributed by atoms with van der Waals surface area (Å²) in [6.07, 6.45) is 0. The number of nitrogens with one attached hydrogen (secondary N) is 1. The number of amides is 1. The molecule has 0 radical (unpaired) electrons. The van der Waals surface area contributed by atoms with Gasteiger partial charge in [0.1, 0.15) is 17.3 Å². The first-order chi connectivity index (χ1) is 10.9. The molecule has 0 aromatic heterocycles. The number of methoxy groups -OCH3 is 1. The average Bonchev–Trinajstić information content (AvgIpc) is 2.81. The number of β-amino-alcohol motifs (C(OH)–C–C–N with tert-alkyl or cyclic N) is 1. The van der Waals surface area contributed by atoms with Gasteiger partial charge in [0.05, 0.1) is 36.5 Å². The second kappa shape index (κ2) is 6.93. The third-order valence-electron chi connectivity index (χ3n) is 3.21. The van der Waals surface area contributed by atoms with Gasteiger partial charge >= 0.3 is 5.97 Å². The van der Waals surface area contributed by atoms with Gasteiger partial charge in [0.25, 0.3) is 5.91 Å². The Morgan fingerprint density at radius 1 is 1.48 bits per heavy atom. The Hall–Kier alpha value is -2.19. The van der Waals surface area contributed by atoms with Gasteiger partial charge in [0.2, 0.25) is 0 Å². The summed E-state index contributed by atoms with van der Waals surface area (Å²) < 4.78 is 31.4. The molecular weight excluding hydrogens is 334 g/mol. The van der Waals surface area contributed by atoms with Crippen LogP contribution in [0.25, 0.3) is 0 Å². The van der Waals surface area contributed by atoms with Crippen molar-refractivity contribution in [3.63, 3.8) is 0 Å². The van der Waals surface area contributed by atoms with Crippen molar-refractivity contribution in [1.29, 1.82) is 0 Å². The summed E-state index contributed by atoms with van der Waals surface area (Å²) >= 11 is 5.74. The molecule has 0 saturated heterocycles. The number of anilines is 1. The van der Waals surface area contributed by atoms with Crippen LogP contribution in [0.4, 0.5) is 14.5 Å². The first-order valence-electron chi connectivity index (χ1n) is 6.52. The normalized spacial score (nSPS) is 14.5. The van der Waals surface area contributed by atoms with Crippen LogP contribution >= 0.6 is 11.6 Å². The molecule has 1 aromatic rings. The number of esters is 1. The summed E-state index contributed by atoms with van der Waals surface area (Å²) in [5.41, 5.74) is -0.413. The van der Waals surface area contributed by atoms with E-state index >= 15 is 0 Å². The number of carbonyl (C=O) groups excluding carboxylic acids is 2. The Kier molecular flexibility index (Phi) is 5.17. The number of hydrogen-bond donors (Lipinski definition) is 2. The lowest BCUT2D eigenvalue weighted by Crippen LogP contribution is -2.31. The quantitative estimate of drug-likeness (QED) is 0.620. The van der Waals surface area contributed by atoms with Crippen molar-refractivity contribution in [2.45, 2.75) is 0 Å². The highest BCUT2D eigenvalue weighted by Crippen LogP contribution is 2.30. The minimum absolute atomic E-state index is 0.00421. The minimum atomic E-state index is -1.01. The van der Waals surface area contributed by atoms with Gasteiger partial charge in [0, 0.05) is 12.6 Å². The molecule has 1 aliphatic heterocycles. The first kappa shape index (κ1) is 17.2. The van der Waals surface area contributed by atoms with Crippen LogP contribution in [-0.4, -0.2) is 48.7 Å². The largest absolute Gasteiger partial charge is 0.466 e. The predicted molar refractivity (Wildman–Crippen MR) is 77.7 cm³/mol. The molecule has 1 amide bonds. The smallest absolute Gasteiger partial charge is 0.337 e. The SMILES string of the molecule is COC(=O)C1=C(Nc2cc(F)cc(F)c2Cl)C(=O)N(CCO)C1. The van der Waals surface area contributed by atoms with Gasteiger partial charge in [-0.25, -0.2) is 13.6 Å². The fraction of sp³-hybridized carbons (Fsp3) is 0.286. The van der Waals surface area contributed by atoms with Gasteiger partial charge in [-0.15, -0.1) is 0 Å². The Morgan fingerprint density at radius 2 is 2.17 bits per heavy atom. The number of aliphatic hydroxyl groups excluding tert-OH is 1. The molecule has 0 spiro atoms. The first-order valence-corrected chi connectivity index (χ1v) is 6.90. The molecule has 0 fully saturated rings. The van der Waals surface area contributed by atoms with Crippen molar-refractivity contribution < 1.29 is 28.2 Å². The molecule has 1 aromatic carbocycles. The summed E-state index contributed by atoms with van der Waals surface area (Å²) in [7, 11) is 1.14. The second-order valence-electron chi connectivity index (χ2n) is 4.67. The molecular formula is C14H13ClF2N2O4. The standard InChI is InChI=1S/C14H13ClF2N2O4/c1-23-14(22)8-6-19(2-3-20)13(21)12(8)18-10-5-7(16)4-9(17)11(10)15/h4-5,18,20H,2-3,6H2,1H3. The molecule has 2 N–H and O–H groups in total. The van der Waals surface area contributed by atoms with Crippen molar-refractivity contribution in [1.82, 2.24) is 4.90 Å². The van der Waals surface area contributed by atoms with E-state index in [1.807, 2.05) is 0 Å². The average molecular weight is 347 g/mol. The topological polar surface area (TPSA) is 78.9 Å². The van der Waals surface area contributed by atoms with Crippen LogP contribution in [0.5, 0.6) is 0 Å². The molecule has 0 bridgehead atoms. The highest BCUT2D eigenvalue weighted by molar-refractivity contribution is 6.33. The third-order valence-corrected chi connectivity index (χ3v) is 3.59. The second-order valence-corrected chi connectivity index (χ2v) is 5.05. The maximum Gasteiger partial charge on any atom is 0.337 e. The number of hydrogen-bond acceptors (Lipinski definition) is 5. The van der Waals surface area contributed by atoms with Gasteiger partial charge in [0.15, 0.2) is 0 Å². The van der Waals surface area contributed by atoms with Crippen LogP contribution in [-0.2, 0) is 14.3 Å². The third kappa shape index (κ3) is 3.43. The van der Waals surface area contributed by atoms with Crippen molar-refractivity contribution in [2.24, 2.45) is 0 Å². The van der Waals surface area contributed by atoms with Crippen LogP contribution in [0.2, 0.25) is 5.02 Å². The maximum absolute atomic E-state index is 13.5. The summed E-state index contributed by atoms with van der Waals surface area (Å²) in [6.45, 7) is -0.400. The van der Waals surface area contributed by atoms with Crippen LogP contribution in [0, 0.1) is 11.6 Å². The lowest BCUT2D eigenvalue weighted by atomic mass is 10.2. The molecule has 0 atom stereocenters. The van der Waals surface area contributed by atoms with E-state index < -0.39 is 28.5 Å². The summed E-state index contributed by atoms with van der Waals surface area (Å²) in [4.78, 5) is 25.2. The molecule has 0 aliphatic carbocycles. The zero-order chi connectivity index (χ0) is 17.1. The number of ether oxygens (including phenoxy) is 1. The van der Waals surface area contributed by atoms with Gasteiger partial charge in [-0.05, 0) is 6.07 Å². The van der Waals surface area contributed by atoms with Gasteiger partial charge in [-0.3, -0.25) is 4.79 Å². The Bertz CT molecular complexity index is 694. The van der Waals surface area contributed by atoms with E-state index in [1.165, 1.54) is 4.90 Å². The van der Waals surface area contributed by atoms with Crippen molar-refractivity contribution in [2.75, 3.05) is 32.1 Å². The Balaban J connectivity index is 2.41. The van der Waals surface area contributed by atoms with E-state index in [2.05, 4.69) is 10.1 Å². The van der Waals surface area contributed by atoms with Crippen LogP contribution in [0.3, 0.4) is 0 Å². The summed E-state index contributed by atoms with van der Waals surface area (Å²) in [5, 5.41) is 11.0. The lowest BCUT2D eigenvalue weighted by molar-refractivity contribution is -0.136. The van der Waals surface area contributed by atoms with Gasteiger partial charge < -0.3 is 20.1 Å². The van der Waals surface area contributed by atoms with E-state index in [9.17, 15) is 18.4 Å². The zero-order valence-corrected chi connectivity index (χ0v) is 12.8. The van der Waals surface area contributed by atoms with Crippen LogP contribution in [0.15, 0.2) is 23.4 Å². The van der Waals surface area contributed by atoms with E-state index in [0.717, 1.165) is 13.2 Å². The molecule has 23 heavy (non-hydrogen) atoms. The number of halogens is 3. The van der Waals surface area contributed by atoms with Gasteiger partial charge in [-0.2, -0.15) is 0 Å². The van der Waals surface area contributed by atoms with Crippen molar-refractivity contribution >= 4 is 29.2 Å². The van der Waals surface area contributed by atoms with Crippen LogP contribution in [0.1, 0.15) is 0 Å². The molecule has 0 unspecified atom stereocenters. The number of aliphatic hydroxyl groups is 1. The Labute approximate surface area is 135 Å². The molecule has 1 heterocycles. The fourth-order valence-electron chi connectivity index (χ4n) is 2.13. The number of carbonyl (C=O) groups is 2. The summed E-state index contributed by atoms with van der Waals surface area (Å²) in [6, 6.07) is 1.49. The molecule has 6 nitrogen and oxygen atoms in total. The van der Waals surface area contributed by atoms with Crippen molar-refractivity contribution in [3.8, 4) is 0 Å². The fourth-order valence-corrected chi connectivity index (χ4v) is 2.29. The highest BCUT2D eigenvalue weighted by Gasteiger charge is 2.34. The lowest BCUT2D eigenvalue weighted by Gasteiger charge is -2.15. The molecule has 2 rings (SSSR count). The molecule has 124 valence electrons. The van der Waals surface area contributed by atoms with E-state index in [4.69, 9.17) is 16.7 Å². The summed E-state index contributed by atoms with van der Waals surface area (Å²) in [5.74, 6) is -3.28. The van der Waals surface area contributed by atoms with E-state index in [-0.39, 0.29) is 36.7 Å². The van der Waals surface area contributed by atoms with E-state index in [0.29, 0.717) is 6.07 Å². The predicted octanol–water partition coefficient (Wildman–Crippen LogP) is 1.29. The molecule has 0 saturated carbocycles. The highest BCUT2D eigenvalue weighted by atomic mass is 35.5. The maximum atomic E-state index is 13.5. The molecule has 1 aliphatic rings. The zero-order valence-electron chi connectivity index (χ0n) is 12.0. The van der Waals surface area contributed by atoms with Crippen LogP contribution < -0.4 is 5.32 Å². The van der Waals surface area contributed by atoms with Gasteiger partial charge in [-0.1, -0.05) is 11.6 Å².